The Balaban J connectivity index is 0.000000231. The van der Waals surface area contributed by atoms with E-state index in [-0.39, 0.29) is 0 Å². The molecule has 0 atom stereocenters. The molecule has 0 bridgehead atoms. The number of hydrogen-bond donors (Lipinski definition) is 1. The number of aromatic nitrogens is 3. The summed E-state index contributed by atoms with van der Waals surface area (Å²) in [7, 11) is 2.71. The highest BCUT2D eigenvalue weighted by Gasteiger charge is 2.21. The van der Waals surface area contributed by atoms with E-state index in [9.17, 15) is 9.59 Å². The topological polar surface area (TPSA) is 168 Å². The van der Waals surface area contributed by atoms with Crippen LogP contribution in [-0.2, 0) is 48.4 Å². The molecule has 1 heterocycles. The van der Waals surface area contributed by atoms with Gasteiger partial charge >= 0.3 is 11.9 Å². The molecule has 0 unspecified atom stereocenters. The summed E-state index contributed by atoms with van der Waals surface area (Å²) in [6.07, 6.45) is 13.7. The van der Waals surface area contributed by atoms with Crippen LogP contribution in [0.3, 0.4) is 0 Å². The standard InChI is InChI=1S/C37H39N3O6.C37H38O6/c1-4-13-28-32(18-11-19-33(28)46-34-17-10-9-16-29(34)37(41)42-3)43-20-12-21-44-35-23-36(45-25-26-14-7-6-8-15-26)30(22-27(35)5-2)31-24-38-40-39-31;1-5-15-30-32(20-13-21-33(30)43-34-19-12-11-18-31(34)37(38)39-4)40-22-14-23-41-35-25-36(29(7-3)24-28(35)6-2)42-26-27-16-9-8-10-17-27/h6-11,14-19,22-24H,4-5,12-13,20-21,25H2,1-3H3,(H,38,39,40);3,8-13,16-21,24-25H,5-6,14-15,22-23,26H2,1-2,4H3. The molecule has 9 aromatic rings. The number of nitrogens with one attached hydrogen (secondary N) is 1. The van der Waals surface area contributed by atoms with Crippen LogP contribution >= 0.6 is 0 Å². The van der Waals surface area contributed by atoms with Gasteiger partial charge < -0.3 is 47.4 Å². The molecule has 0 aliphatic carbocycles. The number of carbonyl (C=O) groups is 2. The Labute approximate surface area is 522 Å². The van der Waals surface area contributed by atoms with E-state index in [0.29, 0.717) is 109 Å². The van der Waals surface area contributed by atoms with Gasteiger partial charge in [0.2, 0.25) is 0 Å². The minimum absolute atomic E-state index is 0.366. The molecule has 0 amide bonds. The first kappa shape index (κ1) is 64.8. The second-order valence-electron chi connectivity index (χ2n) is 20.4. The van der Waals surface area contributed by atoms with Crippen molar-refractivity contribution in [3.8, 4) is 81.1 Å². The van der Waals surface area contributed by atoms with E-state index in [1.165, 1.54) is 14.2 Å². The molecular formula is C74H77N3O12. The van der Waals surface area contributed by atoms with Crippen molar-refractivity contribution < 1.29 is 57.0 Å². The highest BCUT2D eigenvalue weighted by atomic mass is 16.5. The van der Waals surface area contributed by atoms with Gasteiger partial charge in [-0.1, -0.05) is 144 Å². The van der Waals surface area contributed by atoms with E-state index < -0.39 is 11.9 Å². The predicted octanol–water partition coefficient (Wildman–Crippen LogP) is 16.2. The number of rotatable bonds is 31. The van der Waals surface area contributed by atoms with E-state index in [4.69, 9.17) is 53.8 Å². The van der Waals surface area contributed by atoms with E-state index in [0.717, 1.165) is 100 Å². The molecule has 0 radical (unpaired) electrons. The first-order valence-corrected chi connectivity index (χ1v) is 30.1. The maximum atomic E-state index is 12.3. The molecule has 0 fully saturated rings. The zero-order valence-electron chi connectivity index (χ0n) is 51.5. The lowest BCUT2D eigenvalue weighted by molar-refractivity contribution is 0.0588. The minimum atomic E-state index is -0.450. The Hall–Kier alpha value is -10.2. The van der Waals surface area contributed by atoms with Crippen molar-refractivity contribution >= 4 is 11.9 Å². The van der Waals surface area contributed by atoms with Crippen molar-refractivity contribution in [2.24, 2.45) is 0 Å². The van der Waals surface area contributed by atoms with Crippen LogP contribution in [0.4, 0.5) is 0 Å². The smallest absolute Gasteiger partial charge is 0.341 e. The van der Waals surface area contributed by atoms with Gasteiger partial charge in [0.15, 0.2) is 0 Å². The predicted molar refractivity (Wildman–Crippen MR) is 344 cm³/mol. The molecule has 9 rings (SSSR count). The molecule has 15 heteroatoms. The average molecular weight is 1200 g/mol. The lowest BCUT2D eigenvalue weighted by Crippen LogP contribution is -2.08. The van der Waals surface area contributed by atoms with Crippen LogP contribution in [0.15, 0.2) is 176 Å². The molecule has 460 valence electrons. The SMILES string of the molecule is C#Cc1cc(CC)c(OCCCOc2cccc(Oc3ccccc3C(=O)OC)c2CCC)cc1OCc1ccccc1.CCCc1c(OCCCOc2cc(OCc3ccccc3)c(-c3cn[nH]n3)cc2CC)cccc1Oc1ccccc1C(=O)OC. The number of ether oxygens (including phenoxy) is 10. The van der Waals surface area contributed by atoms with Gasteiger partial charge in [-0.15, -0.1) is 6.42 Å². The normalized spacial score (nSPS) is 10.6. The molecule has 0 aliphatic heterocycles. The second kappa shape index (κ2) is 34.2. The second-order valence-corrected chi connectivity index (χ2v) is 20.4. The summed E-state index contributed by atoms with van der Waals surface area (Å²) in [5, 5.41) is 11.0. The molecule has 1 N–H and O–H groups in total. The zero-order chi connectivity index (χ0) is 62.6. The first-order chi connectivity index (χ1) is 43.7. The highest BCUT2D eigenvalue weighted by molar-refractivity contribution is 5.93. The largest absolute Gasteiger partial charge is 0.493 e. The summed E-state index contributed by atoms with van der Waals surface area (Å²) < 4.78 is 59.6. The van der Waals surface area contributed by atoms with Crippen LogP contribution in [0.25, 0.3) is 11.3 Å². The number of terminal acetylenes is 1. The van der Waals surface area contributed by atoms with Gasteiger partial charge in [-0.3, -0.25) is 0 Å². The molecule has 0 spiro atoms. The fourth-order valence-electron chi connectivity index (χ4n) is 9.68. The van der Waals surface area contributed by atoms with E-state index in [2.05, 4.69) is 55.1 Å². The Morgan fingerprint density at radius 1 is 0.461 bits per heavy atom. The van der Waals surface area contributed by atoms with Gasteiger partial charge in [-0.05, 0) is 109 Å². The van der Waals surface area contributed by atoms with E-state index >= 15 is 0 Å². The van der Waals surface area contributed by atoms with Crippen molar-refractivity contribution in [3.63, 3.8) is 0 Å². The Morgan fingerprint density at radius 2 is 0.888 bits per heavy atom. The number of nitrogens with zero attached hydrogens (tertiary/aromatic N) is 2. The molecule has 0 aliphatic rings. The molecular weight excluding hydrogens is 1120 g/mol. The summed E-state index contributed by atoms with van der Waals surface area (Å²) in [6.45, 7) is 11.0. The number of hydrogen-bond acceptors (Lipinski definition) is 14. The van der Waals surface area contributed by atoms with Gasteiger partial charge in [0, 0.05) is 41.7 Å². The quantitative estimate of drug-likeness (QED) is 0.0247. The number of aryl methyl sites for hydroxylation is 2. The van der Waals surface area contributed by atoms with Gasteiger partial charge in [0.05, 0.1) is 52.4 Å². The van der Waals surface area contributed by atoms with Crippen LogP contribution in [-0.4, -0.2) is 68.0 Å². The van der Waals surface area contributed by atoms with Crippen molar-refractivity contribution in [2.75, 3.05) is 40.6 Å². The molecule has 15 nitrogen and oxygen atoms in total. The molecule has 8 aromatic carbocycles. The third-order valence-electron chi connectivity index (χ3n) is 14.2. The Morgan fingerprint density at radius 3 is 1.34 bits per heavy atom. The van der Waals surface area contributed by atoms with Crippen LogP contribution in [0.2, 0.25) is 0 Å². The average Bonchev–Trinajstić information content (AvgIpc) is 4.09. The fraction of sp³-hybridized carbons (Fsp3) is 0.270. The third-order valence-corrected chi connectivity index (χ3v) is 14.2. The van der Waals surface area contributed by atoms with Crippen molar-refractivity contribution in [1.29, 1.82) is 0 Å². The molecule has 0 saturated heterocycles. The number of carbonyl (C=O) groups excluding carboxylic acids is 2. The Bertz CT molecular complexity index is 3730. The highest BCUT2D eigenvalue weighted by Crippen LogP contribution is 2.39. The molecule has 0 saturated carbocycles. The molecule has 89 heavy (non-hydrogen) atoms. The van der Waals surface area contributed by atoms with Crippen molar-refractivity contribution in [1.82, 2.24) is 15.4 Å². The Kier molecular flexibility index (Phi) is 24.9. The maximum Gasteiger partial charge on any atom is 0.341 e. The number of methoxy groups -OCH3 is 2. The van der Waals surface area contributed by atoms with Gasteiger partial charge in [-0.25, -0.2) is 9.59 Å². The number of esters is 2. The zero-order valence-corrected chi connectivity index (χ0v) is 51.5. The van der Waals surface area contributed by atoms with Gasteiger partial charge in [-0.2, -0.15) is 15.4 Å². The lowest BCUT2D eigenvalue weighted by atomic mass is 10.0. The lowest BCUT2D eigenvalue weighted by Gasteiger charge is -2.18. The number of benzene rings is 8. The number of para-hydroxylation sites is 2. The van der Waals surface area contributed by atoms with Crippen LogP contribution in [0.1, 0.15) is 113 Å². The van der Waals surface area contributed by atoms with Crippen LogP contribution in [0.5, 0.6) is 57.5 Å². The van der Waals surface area contributed by atoms with Gasteiger partial charge in [0.25, 0.3) is 0 Å². The van der Waals surface area contributed by atoms with E-state index in [1.54, 1.807) is 42.6 Å². The minimum Gasteiger partial charge on any atom is -0.493 e. The summed E-state index contributed by atoms with van der Waals surface area (Å²) >= 11 is 0. The van der Waals surface area contributed by atoms with E-state index in [1.807, 2.05) is 127 Å². The summed E-state index contributed by atoms with van der Waals surface area (Å²) in [5.74, 6) is 8.34. The van der Waals surface area contributed by atoms with Gasteiger partial charge in [0.1, 0.15) is 87.5 Å². The fourth-order valence-corrected chi connectivity index (χ4v) is 9.68. The van der Waals surface area contributed by atoms with Crippen LogP contribution in [0, 0.1) is 12.3 Å². The monoisotopic (exact) mass is 1200 g/mol. The van der Waals surface area contributed by atoms with Crippen LogP contribution < -0.4 is 37.9 Å². The maximum absolute atomic E-state index is 12.3. The number of aromatic amines is 1. The summed E-state index contributed by atoms with van der Waals surface area (Å²) in [4.78, 5) is 24.5. The molecule has 1 aromatic heterocycles. The van der Waals surface area contributed by atoms with Crippen molar-refractivity contribution in [2.45, 2.75) is 92.3 Å². The first-order valence-electron chi connectivity index (χ1n) is 30.1. The van der Waals surface area contributed by atoms with Crippen molar-refractivity contribution in [3.05, 3.63) is 226 Å². The summed E-state index contributed by atoms with van der Waals surface area (Å²) in [6, 6.07) is 53.4. The third kappa shape index (κ3) is 18.2. The summed E-state index contributed by atoms with van der Waals surface area (Å²) in [5.41, 5.74) is 9.12. The number of H-pyrrole nitrogens is 1.